The number of rotatable bonds is 6. The summed E-state index contributed by atoms with van der Waals surface area (Å²) in [5.41, 5.74) is 0.671. The van der Waals surface area contributed by atoms with Crippen molar-refractivity contribution in [2.75, 3.05) is 5.75 Å². The molecule has 9 heteroatoms. The zero-order valence-electron chi connectivity index (χ0n) is 9.97. The summed E-state index contributed by atoms with van der Waals surface area (Å²) < 4.78 is 26.3. The van der Waals surface area contributed by atoms with Gasteiger partial charge in [-0.3, -0.25) is 9.89 Å². The van der Waals surface area contributed by atoms with Crippen LogP contribution in [0, 0.1) is 13.8 Å². The highest BCUT2D eigenvalue weighted by Gasteiger charge is 2.28. The Morgan fingerprint density at radius 1 is 1.56 bits per heavy atom. The van der Waals surface area contributed by atoms with Crippen LogP contribution in [0.25, 0.3) is 0 Å². The van der Waals surface area contributed by atoms with Crippen LogP contribution in [-0.4, -0.2) is 41.5 Å². The van der Waals surface area contributed by atoms with Gasteiger partial charge in [-0.05, 0) is 26.0 Å². The number of hydrogen-bond donors (Lipinski definition) is 4. The van der Waals surface area contributed by atoms with Crippen LogP contribution in [0.2, 0.25) is 0 Å². The van der Waals surface area contributed by atoms with E-state index in [9.17, 15) is 13.2 Å². The fourth-order valence-electron chi connectivity index (χ4n) is 1.54. The molecule has 0 saturated carbocycles. The third-order valence-electron chi connectivity index (χ3n) is 2.34. The summed E-state index contributed by atoms with van der Waals surface area (Å²) in [6.07, 6.45) is 0.105. The third kappa shape index (κ3) is 3.24. The van der Waals surface area contributed by atoms with Crippen molar-refractivity contribution in [2.45, 2.75) is 31.2 Å². The number of nitrogens with zero attached hydrogens (tertiary/aromatic N) is 1. The fourth-order valence-corrected chi connectivity index (χ4v) is 3.40. The van der Waals surface area contributed by atoms with Gasteiger partial charge in [0.25, 0.3) is 0 Å². The van der Waals surface area contributed by atoms with Gasteiger partial charge >= 0.3 is 5.97 Å². The summed E-state index contributed by atoms with van der Waals surface area (Å²) in [5, 5.41) is 15.2. The molecule has 0 radical (unpaired) electrons. The number of carbonyl (C=O) groups is 1. The van der Waals surface area contributed by atoms with Gasteiger partial charge in [0.05, 0.1) is 11.4 Å². The number of sulfonamides is 1. The Morgan fingerprint density at radius 3 is 2.56 bits per heavy atom. The number of aliphatic carboxylic acids is 1. The first-order valence-corrected chi connectivity index (χ1v) is 7.28. The van der Waals surface area contributed by atoms with Gasteiger partial charge in [0.15, 0.2) is 0 Å². The molecule has 1 unspecified atom stereocenters. The van der Waals surface area contributed by atoms with Crippen LogP contribution in [0.3, 0.4) is 0 Å². The highest BCUT2D eigenvalue weighted by molar-refractivity contribution is 7.89. The van der Waals surface area contributed by atoms with Crippen LogP contribution in [0.4, 0.5) is 0 Å². The maximum absolute atomic E-state index is 12.1. The fraction of sp³-hybridized carbons (Fsp3) is 0.556. The molecule has 102 valence electrons. The largest absolute Gasteiger partial charge is 0.480 e. The van der Waals surface area contributed by atoms with Gasteiger partial charge in [0.2, 0.25) is 10.0 Å². The van der Waals surface area contributed by atoms with Crippen molar-refractivity contribution in [2.24, 2.45) is 0 Å². The number of thiol groups is 1. The highest BCUT2D eigenvalue weighted by atomic mass is 32.2. The van der Waals surface area contributed by atoms with Crippen LogP contribution in [0.5, 0.6) is 0 Å². The first kappa shape index (κ1) is 15.0. The molecular formula is C9H15N3O4S2. The van der Waals surface area contributed by atoms with Crippen LogP contribution in [0.15, 0.2) is 4.90 Å². The van der Waals surface area contributed by atoms with E-state index in [2.05, 4.69) is 27.5 Å². The molecular weight excluding hydrogens is 278 g/mol. The van der Waals surface area contributed by atoms with Crippen molar-refractivity contribution < 1.29 is 18.3 Å². The zero-order chi connectivity index (χ0) is 13.9. The summed E-state index contributed by atoms with van der Waals surface area (Å²) in [4.78, 5) is 10.9. The normalized spacial score (nSPS) is 13.5. The van der Waals surface area contributed by atoms with Gasteiger partial charge in [-0.2, -0.15) is 22.4 Å². The van der Waals surface area contributed by atoms with Gasteiger partial charge in [0, 0.05) is 0 Å². The van der Waals surface area contributed by atoms with E-state index in [4.69, 9.17) is 5.11 Å². The van der Waals surface area contributed by atoms with Gasteiger partial charge in [-0.15, -0.1) is 0 Å². The molecule has 1 atom stereocenters. The second-order valence-corrected chi connectivity index (χ2v) is 5.89. The third-order valence-corrected chi connectivity index (χ3v) is 4.33. The van der Waals surface area contributed by atoms with E-state index in [0.717, 1.165) is 0 Å². The Labute approximate surface area is 110 Å². The van der Waals surface area contributed by atoms with Crippen molar-refractivity contribution in [3.05, 3.63) is 11.4 Å². The van der Waals surface area contributed by atoms with E-state index < -0.39 is 22.0 Å². The molecule has 0 fully saturated rings. The quantitative estimate of drug-likeness (QED) is 0.555. The Balaban J connectivity index is 3.05. The molecule has 1 aromatic heterocycles. The van der Waals surface area contributed by atoms with E-state index in [-0.39, 0.29) is 17.1 Å². The van der Waals surface area contributed by atoms with Gasteiger partial charge in [-0.1, -0.05) is 0 Å². The van der Waals surface area contributed by atoms with Crippen LogP contribution < -0.4 is 4.72 Å². The first-order chi connectivity index (χ1) is 8.29. The van der Waals surface area contributed by atoms with Crippen molar-refractivity contribution in [1.29, 1.82) is 0 Å². The lowest BCUT2D eigenvalue weighted by Crippen LogP contribution is -2.41. The van der Waals surface area contributed by atoms with Crippen LogP contribution in [0.1, 0.15) is 17.8 Å². The molecule has 1 heterocycles. The lowest BCUT2D eigenvalue weighted by molar-refractivity contribution is -0.139. The molecule has 0 aliphatic rings. The molecule has 0 aliphatic heterocycles. The predicted octanol–water partition coefficient (Wildman–Crippen LogP) is 0.0779. The smallest absolute Gasteiger partial charge is 0.321 e. The minimum absolute atomic E-state index is 0.00656. The molecule has 1 aromatic rings. The molecule has 7 nitrogen and oxygen atoms in total. The second kappa shape index (κ2) is 5.72. The molecule has 0 bridgehead atoms. The van der Waals surface area contributed by atoms with Crippen molar-refractivity contribution in [3.8, 4) is 0 Å². The lowest BCUT2D eigenvalue weighted by Gasteiger charge is -2.13. The molecule has 0 aliphatic carbocycles. The van der Waals surface area contributed by atoms with E-state index in [1.54, 1.807) is 6.92 Å². The van der Waals surface area contributed by atoms with E-state index in [0.29, 0.717) is 11.4 Å². The number of carboxylic acids is 1. The number of H-pyrrole nitrogens is 1. The monoisotopic (exact) mass is 293 g/mol. The van der Waals surface area contributed by atoms with Gasteiger partial charge in [0.1, 0.15) is 10.9 Å². The topological polar surface area (TPSA) is 112 Å². The number of aryl methyl sites for hydroxylation is 2. The number of aromatic nitrogens is 2. The number of hydrogen-bond acceptors (Lipinski definition) is 5. The molecule has 0 aromatic carbocycles. The van der Waals surface area contributed by atoms with E-state index >= 15 is 0 Å². The van der Waals surface area contributed by atoms with E-state index in [1.807, 2.05) is 0 Å². The second-order valence-electron chi connectivity index (χ2n) is 3.79. The molecule has 18 heavy (non-hydrogen) atoms. The number of aromatic amines is 1. The zero-order valence-corrected chi connectivity index (χ0v) is 11.7. The summed E-state index contributed by atoms with van der Waals surface area (Å²) in [7, 11) is -3.90. The molecule has 3 N–H and O–H groups in total. The van der Waals surface area contributed by atoms with Crippen molar-refractivity contribution in [1.82, 2.24) is 14.9 Å². The molecule has 0 saturated heterocycles. The van der Waals surface area contributed by atoms with Crippen molar-refractivity contribution in [3.63, 3.8) is 0 Å². The predicted molar refractivity (Wildman–Crippen MR) is 68.3 cm³/mol. The number of carboxylic acid groups (broad SMARTS) is 1. The van der Waals surface area contributed by atoms with E-state index in [1.165, 1.54) is 6.92 Å². The lowest BCUT2D eigenvalue weighted by atomic mass is 10.2. The summed E-state index contributed by atoms with van der Waals surface area (Å²) in [6.45, 7) is 3.09. The Bertz CT molecular complexity index is 519. The Kier molecular flexibility index (Phi) is 4.77. The summed E-state index contributed by atoms with van der Waals surface area (Å²) >= 11 is 3.90. The average molecular weight is 293 g/mol. The Morgan fingerprint density at radius 2 is 2.17 bits per heavy atom. The standard InChI is InChI=1S/C9H15N3O4S2/c1-5-8(6(2)11-10-5)18(15,16)12-7(3-4-17)9(13)14/h7,12,17H,3-4H2,1-2H3,(H,10,11)(H,13,14). The number of nitrogens with one attached hydrogen (secondary N) is 2. The molecule has 0 spiro atoms. The minimum atomic E-state index is -3.90. The van der Waals surface area contributed by atoms with Gasteiger partial charge in [-0.25, -0.2) is 8.42 Å². The maximum Gasteiger partial charge on any atom is 0.321 e. The van der Waals surface area contributed by atoms with Crippen LogP contribution in [-0.2, 0) is 14.8 Å². The maximum atomic E-state index is 12.1. The first-order valence-electron chi connectivity index (χ1n) is 5.17. The van der Waals surface area contributed by atoms with Crippen molar-refractivity contribution >= 4 is 28.6 Å². The summed E-state index contributed by atoms with van der Waals surface area (Å²) in [5.74, 6) is -0.963. The Hall–Kier alpha value is -1.06. The minimum Gasteiger partial charge on any atom is -0.480 e. The van der Waals surface area contributed by atoms with Crippen LogP contribution >= 0.6 is 12.6 Å². The molecule has 1 rings (SSSR count). The average Bonchev–Trinajstić information content (AvgIpc) is 2.58. The SMILES string of the molecule is Cc1n[nH]c(C)c1S(=O)(=O)NC(CCS)C(=O)O. The highest BCUT2D eigenvalue weighted by Crippen LogP contribution is 2.17. The molecule has 0 amide bonds. The summed E-state index contributed by atoms with van der Waals surface area (Å²) in [6, 6.07) is -1.19. The van der Waals surface area contributed by atoms with Gasteiger partial charge < -0.3 is 5.11 Å².